The van der Waals surface area contributed by atoms with Gasteiger partial charge in [-0.05, 0) is 62.3 Å². The molecular formula is C25H29Cl2FN4O3. The number of anilines is 1. The highest BCUT2D eigenvalue weighted by Crippen LogP contribution is 2.31. The van der Waals surface area contributed by atoms with Crippen LogP contribution in [-0.4, -0.2) is 64.8 Å². The van der Waals surface area contributed by atoms with E-state index in [0.29, 0.717) is 32.4 Å². The molecule has 188 valence electrons. The first-order valence-electron chi connectivity index (χ1n) is 11.9. The number of benzene rings is 1. The van der Waals surface area contributed by atoms with Gasteiger partial charge in [-0.15, -0.1) is 0 Å². The molecular weight excluding hydrogens is 494 g/mol. The smallest absolute Gasteiger partial charge is 0.326 e. The highest BCUT2D eigenvalue weighted by molar-refractivity contribution is 6.39. The fraction of sp³-hybridized carbons (Fsp3) is 0.480. The van der Waals surface area contributed by atoms with Crippen LogP contribution in [0.3, 0.4) is 0 Å². The van der Waals surface area contributed by atoms with E-state index in [1.54, 1.807) is 6.07 Å². The lowest BCUT2D eigenvalue weighted by molar-refractivity contribution is -0.139. The number of alkyl halides is 1. The molecule has 1 aromatic carbocycles. The van der Waals surface area contributed by atoms with Gasteiger partial charge in [-0.1, -0.05) is 35.3 Å². The normalized spacial score (nSPS) is 20.7. The van der Waals surface area contributed by atoms with Crippen LogP contribution in [0.1, 0.15) is 47.3 Å². The summed E-state index contributed by atoms with van der Waals surface area (Å²) in [5.74, 6) is -0.907. The Morgan fingerprint density at radius 2 is 2.03 bits per heavy atom. The Labute approximate surface area is 214 Å². The lowest BCUT2D eigenvalue weighted by atomic mass is 9.97. The van der Waals surface area contributed by atoms with E-state index in [1.165, 1.54) is 17.7 Å². The number of nitrogens with zero attached hydrogens (tertiary/aromatic N) is 2. The zero-order chi connectivity index (χ0) is 25.0. The van der Waals surface area contributed by atoms with Crippen molar-refractivity contribution >= 4 is 40.9 Å². The predicted molar refractivity (Wildman–Crippen MR) is 134 cm³/mol. The molecule has 2 atom stereocenters. The number of fused-ring (bicyclic) bond motifs is 1. The Hall–Kier alpha value is -2.42. The molecule has 1 amide bonds. The van der Waals surface area contributed by atoms with E-state index < -0.39 is 23.6 Å². The van der Waals surface area contributed by atoms with Crippen molar-refractivity contribution in [3.05, 3.63) is 57.2 Å². The fourth-order valence-electron chi connectivity index (χ4n) is 4.69. The number of carboxylic acid groups (broad SMARTS) is 1. The number of carboxylic acids is 1. The maximum Gasteiger partial charge on any atom is 0.326 e. The molecule has 3 heterocycles. The van der Waals surface area contributed by atoms with Crippen LogP contribution in [0.2, 0.25) is 10.0 Å². The first-order valence-corrected chi connectivity index (χ1v) is 12.6. The zero-order valence-electron chi connectivity index (χ0n) is 19.3. The highest BCUT2D eigenvalue weighted by Gasteiger charge is 2.38. The van der Waals surface area contributed by atoms with E-state index in [1.807, 2.05) is 11.0 Å². The quantitative estimate of drug-likeness (QED) is 0.452. The van der Waals surface area contributed by atoms with Crippen molar-refractivity contribution < 1.29 is 19.1 Å². The first kappa shape index (κ1) is 25.7. The first-order chi connectivity index (χ1) is 16.7. The van der Waals surface area contributed by atoms with Crippen molar-refractivity contribution in [2.45, 2.75) is 50.2 Å². The fourth-order valence-corrected chi connectivity index (χ4v) is 5.26. The number of halogens is 3. The molecule has 0 radical (unpaired) electrons. The average molecular weight is 523 g/mol. The second-order valence-electron chi connectivity index (χ2n) is 9.27. The minimum Gasteiger partial charge on any atom is -0.480 e. The number of aliphatic carboxylic acids is 1. The van der Waals surface area contributed by atoms with Crippen molar-refractivity contribution in [1.82, 2.24) is 15.2 Å². The van der Waals surface area contributed by atoms with Gasteiger partial charge in [0.25, 0.3) is 5.91 Å². The third-order valence-corrected chi connectivity index (χ3v) is 7.32. The van der Waals surface area contributed by atoms with Gasteiger partial charge in [0.2, 0.25) is 0 Å². The van der Waals surface area contributed by atoms with Crippen molar-refractivity contribution in [3.63, 3.8) is 0 Å². The number of hydrogen-bond donors (Lipinski definition) is 3. The SMILES string of the molecule is O=C(NC(CCN1CC[C@@](F)(CCc2ccc3c(n2)NCCC3)C1)C(=O)O)c1c(Cl)cccc1Cl. The summed E-state index contributed by atoms with van der Waals surface area (Å²) in [4.78, 5) is 30.9. The lowest BCUT2D eigenvalue weighted by Gasteiger charge is -2.23. The van der Waals surface area contributed by atoms with Gasteiger partial charge in [0.15, 0.2) is 0 Å². The van der Waals surface area contributed by atoms with Crippen molar-refractivity contribution in [1.29, 1.82) is 0 Å². The molecule has 2 aliphatic heterocycles. The number of aromatic nitrogens is 1. The molecule has 0 saturated carbocycles. The topological polar surface area (TPSA) is 94.6 Å². The van der Waals surface area contributed by atoms with Gasteiger partial charge in [0.05, 0.1) is 15.6 Å². The van der Waals surface area contributed by atoms with Crippen LogP contribution in [-0.2, 0) is 17.6 Å². The number of aryl methyl sites for hydroxylation is 2. The van der Waals surface area contributed by atoms with E-state index in [-0.39, 0.29) is 28.6 Å². The largest absolute Gasteiger partial charge is 0.480 e. The number of carbonyl (C=O) groups excluding carboxylic acids is 1. The zero-order valence-corrected chi connectivity index (χ0v) is 20.8. The molecule has 1 aromatic heterocycles. The Kier molecular flexibility index (Phi) is 8.14. The Morgan fingerprint density at radius 3 is 2.77 bits per heavy atom. The van der Waals surface area contributed by atoms with E-state index >= 15 is 4.39 Å². The number of nitrogens with one attached hydrogen (secondary N) is 2. The summed E-state index contributed by atoms with van der Waals surface area (Å²) >= 11 is 12.1. The number of pyridine rings is 1. The summed E-state index contributed by atoms with van der Waals surface area (Å²) in [6, 6.07) is 7.54. The molecule has 1 saturated heterocycles. The van der Waals surface area contributed by atoms with Gasteiger partial charge < -0.3 is 15.7 Å². The van der Waals surface area contributed by atoms with Gasteiger partial charge in [-0.25, -0.2) is 14.2 Å². The predicted octanol–water partition coefficient (Wildman–Crippen LogP) is 4.37. The van der Waals surface area contributed by atoms with Crippen LogP contribution < -0.4 is 10.6 Å². The molecule has 3 N–H and O–H groups in total. The average Bonchev–Trinajstić information content (AvgIpc) is 3.21. The van der Waals surface area contributed by atoms with Crippen molar-refractivity contribution in [2.75, 3.05) is 31.5 Å². The second-order valence-corrected chi connectivity index (χ2v) is 10.1. The number of carbonyl (C=O) groups is 2. The molecule has 0 aliphatic carbocycles. The monoisotopic (exact) mass is 522 g/mol. The van der Waals surface area contributed by atoms with Gasteiger partial charge in [0.1, 0.15) is 17.5 Å². The van der Waals surface area contributed by atoms with Gasteiger partial charge in [-0.3, -0.25) is 9.69 Å². The highest BCUT2D eigenvalue weighted by atomic mass is 35.5. The molecule has 2 aromatic rings. The van der Waals surface area contributed by atoms with Gasteiger partial charge in [0, 0.05) is 31.9 Å². The van der Waals surface area contributed by atoms with E-state index in [4.69, 9.17) is 23.2 Å². The van der Waals surface area contributed by atoms with E-state index in [9.17, 15) is 14.7 Å². The van der Waals surface area contributed by atoms with Crippen LogP contribution in [0.4, 0.5) is 10.2 Å². The molecule has 1 fully saturated rings. The molecule has 4 rings (SSSR count). The lowest BCUT2D eigenvalue weighted by Crippen LogP contribution is -2.43. The minimum absolute atomic E-state index is 0.0389. The van der Waals surface area contributed by atoms with Crippen LogP contribution >= 0.6 is 23.2 Å². The second kappa shape index (κ2) is 11.1. The van der Waals surface area contributed by atoms with Crippen LogP contribution in [0.25, 0.3) is 0 Å². The summed E-state index contributed by atoms with van der Waals surface area (Å²) in [5, 5.41) is 15.7. The van der Waals surface area contributed by atoms with Gasteiger partial charge >= 0.3 is 5.97 Å². The summed E-state index contributed by atoms with van der Waals surface area (Å²) in [7, 11) is 0. The molecule has 1 unspecified atom stereocenters. The Morgan fingerprint density at radius 1 is 1.26 bits per heavy atom. The number of rotatable bonds is 9. The third kappa shape index (κ3) is 6.42. The van der Waals surface area contributed by atoms with Crippen molar-refractivity contribution in [2.24, 2.45) is 0 Å². The van der Waals surface area contributed by atoms with Crippen molar-refractivity contribution in [3.8, 4) is 0 Å². The molecule has 0 bridgehead atoms. The maximum atomic E-state index is 15.5. The molecule has 2 aliphatic rings. The van der Waals surface area contributed by atoms with E-state index in [0.717, 1.165) is 30.9 Å². The summed E-state index contributed by atoms with van der Waals surface area (Å²) < 4.78 is 15.5. The maximum absolute atomic E-state index is 15.5. The molecule has 0 spiro atoms. The summed E-state index contributed by atoms with van der Waals surface area (Å²) in [6.45, 7) is 2.02. The summed E-state index contributed by atoms with van der Waals surface area (Å²) in [5.41, 5.74) is 0.773. The molecule has 10 heteroatoms. The Bertz CT molecular complexity index is 1080. The summed E-state index contributed by atoms with van der Waals surface area (Å²) in [6.07, 6.45) is 3.54. The van der Waals surface area contributed by atoms with Gasteiger partial charge in [-0.2, -0.15) is 0 Å². The Balaban J connectivity index is 1.28. The van der Waals surface area contributed by atoms with Crippen LogP contribution in [0.15, 0.2) is 30.3 Å². The number of hydrogen-bond acceptors (Lipinski definition) is 5. The molecule has 7 nitrogen and oxygen atoms in total. The molecule has 35 heavy (non-hydrogen) atoms. The van der Waals surface area contributed by atoms with Crippen LogP contribution in [0.5, 0.6) is 0 Å². The third-order valence-electron chi connectivity index (χ3n) is 6.69. The van der Waals surface area contributed by atoms with E-state index in [2.05, 4.69) is 21.7 Å². The van der Waals surface area contributed by atoms with Crippen LogP contribution in [0, 0.1) is 0 Å². The number of likely N-dealkylation sites (tertiary alicyclic amines) is 1. The minimum atomic E-state index is -1.35. The standard InChI is InChI=1S/C25H29Cl2FN4O3/c26-18-4-1-5-19(27)21(18)23(33)31-20(24(34)35)9-13-32-14-11-25(28,15-32)10-8-17-7-6-16-3-2-12-29-22(16)30-17/h1,4-7,20H,2-3,8-15H2,(H,29,30)(H,31,33)(H,34,35)/t20?,25-/m0/s1. The number of amides is 1.